The molecule has 25 heavy (non-hydrogen) atoms. The van der Waals surface area contributed by atoms with E-state index in [-0.39, 0.29) is 18.3 Å². The summed E-state index contributed by atoms with van der Waals surface area (Å²) >= 11 is 0. The molecule has 2 aromatic rings. The zero-order valence-corrected chi connectivity index (χ0v) is 14.3. The Kier molecular flexibility index (Phi) is 7.72. The minimum atomic E-state index is -0.294. The number of benzene rings is 2. The molecule has 0 aromatic heterocycles. The molecule has 1 amide bonds. The van der Waals surface area contributed by atoms with Gasteiger partial charge in [-0.2, -0.15) is 0 Å². The van der Waals surface area contributed by atoms with Crippen molar-refractivity contribution in [3.8, 4) is 11.5 Å². The van der Waals surface area contributed by atoms with Crippen molar-refractivity contribution in [2.75, 3.05) is 39.9 Å². The molecule has 2 aromatic carbocycles. The van der Waals surface area contributed by atoms with Gasteiger partial charge in [0.1, 0.15) is 30.5 Å². The van der Waals surface area contributed by atoms with Crippen molar-refractivity contribution in [2.24, 2.45) is 0 Å². The molecule has 0 bridgehead atoms. The number of ether oxygens (including phenoxy) is 2. The van der Waals surface area contributed by atoms with Crippen LogP contribution in [0.3, 0.4) is 0 Å². The van der Waals surface area contributed by atoms with Crippen molar-refractivity contribution >= 4 is 5.91 Å². The molecule has 0 aliphatic heterocycles. The molecule has 0 spiro atoms. The molecule has 0 unspecified atom stereocenters. The number of nitrogens with zero attached hydrogens (tertiary/aromatic N) is 1. The third-order valence-electron chi connectivity index (χ3n) is 3.41. The first-order valence-electron chi connectivity index (χ1n) is 8.15. The first-order valence-corrected chi connectivity index (χ1v) is 8.15. The van der Waals surface area contributed by atoms with Gasteiger partial charge < -0.3 is 14.8 Å². The van der Waals surface area contributed by atoms with Crippen molar-refractivity contribution in [1.29, 1.82) is 0 Å². The van der Waals surface area contributed by atoms with Gasteiger partial charge in [0.25, 0.3) is 0 Å². The van der Waals surface area contributed by atoms with E-state index in [4.69, 9.17) is 9.47 Å². The molecule has 1 N–H and O–H groups in total. The van der Waals surface area contributed by atoms with Gasteiger partial charge in [0.05, 0.1) is 13.1 Å². The van der Waals surface area contributed by atoms with Gasteiger partial charge in [0, 0.05) is 6.54 Å². The van der Waals surface area contributed by atoms with Crippen LogP contribution in [0.15, 0.2) is 54.6 Å². The number of carbonyl (C=O) groups excluding carboxylic acids is 1. The van der Waals surface area contributed by atoms with Crippen LogP contribution in [0.4, 0.5) is 4.39 Å². The fourth-order valence-corrected chi connectivity index (χ4v) is 2.11. The number of hydrogen-bond acceptors (Lipinski definition) is 4. The summed E-state index contributed by atoms with van der Waals surface area (Å²) in [6.45, 7) is 2.16. The average molecular weight is 346 g/mol. The predicted octanol–water partition coefficient (Wildman–Crippen LogP) is 2.33. The lowest BCUT2D eigenvalue weighted by molar-refractivity contribution is -0.122. The number of likely N-dealkylation sites (N-methyl/N-ethyl adjacent to an activating group) is 1. The molecule has 0 fully saturated rings. The van der Waals surface area contributed by atoms with Crippen molar-refractivity contribution in [1.82, 2.24) is 10.2 Å². The third kappa shape index (κ3) is 7.67. The van der Waals surface area contributed by atoms with E-state index in [1.54, 1.807) is 12.1 Å². The van der Waals surface area contributed by atoms with Gasteiger partial charge in [0.15, 0.2) is 0 Å². The monoisotopic (exact) mass is 346 g/mol. The largest absolute Gasteiger partial charge is 0.492 e. The fraction of sp³-hybridized carbons (Fsp3) is 0.316. The molecule has 0 saturated heterocycles. The molecule has 0 saturated carbocycles. The second-order valence-corrected chi connectivity index (χ2v) is 5.55. The molecule has 0 heterocycles. The van der Waals surface area contributed by atoms with E-state index in [1.807, 2.05) is 42.3 Å². The van der Waals surface area contributed by atoms with Crippen LogP contribution in [0.25, 0.3) is 0 Å². The van der Waals surface area contributed by atoms with E-state index in [1.165, 1.54) is 12.1 Å². The maximum Gasteiger partial charge on any atom is 0.234 e. The van der Waals surface area contributed by atoms with Crippen LogP contribution in [-0.2, 0) is 4.79 Å². The number of carbonyl (C=O) groups is 1. The Morgan fingerprint density at radius 1 is 1.00 bits per heavy atom. The summed E-state index contributed by atoms with van der Waals surface area (Å²) in [6, 6.07) is 15.3. The minimum Gasteiger partial charge on any atom is -0.492 e. The van der Waals surface area contributed by atoms with Crippen LogP contribution < -0.4 is 14.8 Å². The van der Waals surface area contributed by atoms with Gasteiger partial charge in [-0.1, -0.05) is 18.2 Å². The first-order chi connectivity index (χ1) is 12.1. The molecular weight excluding hydrogens is 323 g/mol. The quantitative estimate of drug-likeness (QED) is 0.671. The molecule has 2 rings (SSSR count). The van der Waals surface area contributed by atoms with Gasteiger partial charge in [-0.3, -0.25) is 9.69 Å². The van der Waals surface area contributed by atoms with Crippen LogP contribution >= 0.6 is 0 Å². The Hall–Kier alpha value is -2.60. The summed E-state index contributed by atoms with van der Waals surface area (Å²) in [4.78, 5) is 13.7. The van der Waals surface area contributed by atoms with E-state index >= 15 is 0 Å². The fourth-order valence-electron chi connectivity index (χ4n) is 2.11. The zero-order valence-electron chi connectivity index (χ0n) is 14.3. The minimum absolute atomic E-state index is 0.0686. The molecule has 0 aliphatic carbocycles. The van der Waals surface area contributed by atoms with Gasteiger partial charge in [-0.05, 0) is 43.4 Å². The Morgan fingerprint density at radius 2 is 1.64 bits per heavy atom. The van der Waals surface area contributed by atoms with Crippen molar-refractivity contribution in [2.45, 2.75) is 0 Å². The SMILES string of the molecule is CN(CCOc1ccc(F)cc1)CC(=O)NCCOc1ccccc1. The average Bonchev–Trinajstić information content (AvgIpc) is 2.61. The van der Waals surface area contributed by atoms with Gasteiger partial charge in [-0.25, -0.2) is 4.39 Å². The van der Waals surface area contributed by atoms with Crippen LogP contribution in [-0.4, -0.2) is 50.7 Å². The van der Waals surface area contributed by atoms with Crippen LogP contribution in [0.5, 0.6) is 11.5 Å². The highest BCUT2D eigenvalue weighted by Gasteiger charge is 2.06. The van der Waals surface area contributed by atoms with Crippen molar-refractivity contribution in [3.05, 3.63) is 60.4 Å². The van der Waals surface area contributed by atoms with Crippen molar-refractivity contribution in [3.63, 3.8) is 0 Å². The molecule has 0 radical (unpaired) electrons. The van der Waals surface area contributed by atoms with Crippen LogP contribution in [0, 0.1) is 5.82 Å². The number of halogens is 1. The molecule has 0 aliphatic rings. The summed E-state index contributed by atoms with van der Waals surface area (Å²) in [6.07, 6.45) is 0. The number of para-hydroxylation sites is 1. The van der Waals surface area contributed by atoms with Crippen LogP contribution in [0.1, 0.15) is 0 Å². The number of hydrogen-bond donors (Lipinski definition) is 1. The summed E-state index contributed by atoms with van der Waals surface area (Å²) in [5, 5.41) is 2.81. The summed E-state index contributed by atoms with van der Waals surface area (Å²) in [5.41, 5.74) is 0. The number of nitrogens with one attached hydrogen (secondary N) is 1. The van der Waals surface area contributed by atoms with E-state index in [0.29, 0.717) is 32.1 Å². The molecule has 0 atom stereocenters. The topological polar surface area (TPSA) is 50.8 Å². The maximum atomic E-state index is 12.8. The standard InChI is InChI=1S/C19H23FN2O3/c1-22(12-14-25-18-9-7-16(20)8-10-18)15-19(23)21-11-13-24-17-5-3-2-4-6-17/h2-10H,11-15H2,1H3,(H,21,23). The number of rotatable bonds is 10. The molecule has 6 heteroatoms. The molecule has 5 nitrogen and oxygen atoms in total. The lowest BCUT2D eigenvalue weighted by Gasteiger charge is -2.16. The Morgan fingerprint density at radius 3 is 2.36 bits per heavy atom. The second-order valence-electron chi connectivity index (χ2n) is 5.55. The first kappa shape index (κ1) is 18.7. The molecular formula is C19H23FN2O3. The third-order valence-corrected chi connectivity index (χ3v) is 3.41. The zero-order chi connectivity index (χ0) is 17.9. The Labute approximate surface area is 147 Å². The van der Waals surface area contributed by atoms with E-state index < -0.39 is 0 Å². The lowest BCUT2D eigenvalue weighted by atomic mass is 10.3. The van der Waals surface area contributed by atoms with Crippen molar-refractivity contribution < 1.29 is 18.7 Å². The van der Waals surface area contributed by atoms with E-state index in [2.05, 4.69) is 5.32 Å². The highest BCUT2D eigenvalue weighted by molar-refractivity contribution is 5.77. The predicted molar refractivity (Wildman–Crippen MR) is 94.3 cm³/mol. The molecule has 134 valence electrons. The lowest BCUT2D eigenvalue weighted by Crippen LogP contribution is -2.38. The Bertz CT molecular complexity index is 635. The van der Waals surface area contributed by atoms with E-state index in [0.717, 1.165) is 5.75 Å². The highest BCUT2D eigenvalue weighted by atomic mass is 19.1. The summed E-state index contributed by atoms with van der Waals surface area (Å²) < 4.78 is 23.8. The Balaban J connectivity index is 1.54. The van der Waals surface area contributed by atoms with Gasteiger partial charge in [0.2, 0.25) is 5.91 Å². The number of amides is 1. The van der Waals surface area contributed by atoms with Gasteiger partial charge >= 0.3 is 0 Å². The second kappa shape index (κ2) is 10.3. The highest BCUT2D eigenvalue weighted by Crippen LogP contribution is 2.10. The summed E-state index contributed by atoms with van der Waals surface area (Å²) in [7, 11) is 1.84. The normalized spacial score (nSPS) is 10.5. The van der Waals surface area contributed by atoms with E-state index in [9.17, 15) is 9.18 Å². The van der Waals surface area contributed by atoms with Crippen LogP contribution in [0.2, 0.25) is 0 Å². The summed E-state index contributed by atoms with van der Waals surface area (Å²) in [5.74, 6) is 1.03. The maximum absolute atomic E-state index is 12.8. The van der Waals surface area contributed by atoms with Gasteiger partial charge in [-0.15, -0.1) is 0 Å². The smallest absolute Gasteiger partial charge is 0.234 e.